The van der Waals surface area contributed by atoms with Crippen molar-refractivity contribution in [3.05, 3.63) is 52.2 Å². The third-order valence-corrected chi connectivity index (χ3v) is 7.22. The highest BCUT2D eigenvalue weighted by molar-refractivity contribution is 6.30. The summed E-state index contributed by atoms with van der Waals surface area (Å²) in [5.41, 5.74) is 8.02. The van der Waals surface area contributed by atoms with Crippen molar-refractivity contribution in [2.75, 3.05) is 26.2 Å². The molecule has 1 aromatic carbocycles. The molecule has 10 nitrogen and oxygen atoms in total. The van der Waals surface area contributed by atoms with Gasteiger partial charge in [-0.3, -0.25) is 9.69 Å². The van der Waals surface area contributed by atoms with Crippen molar-refractivity contribution < 1.29 is 19.1 Å². The number of piperidine rings is 1. The largest absolute Gasteiger partial charge is 0.481 e. The van der Waals surface area contributed by atoms with Gasteiger partial charge in [0.15, 0.2) is 0 Å². The maximum Gasteiger partial charge on any atom is 0.300 e. The van der Waals surface area contributed by atoms with Crippen LogP contribution in [0.1, 0.15) is 55.2 Å². The molecule has 0 amide bonds. The summed E-state index contributed by atoms with van der Waals surface area (Å²) in [4.78, 5) is 18.6. The van der Waals surface area contributed by atoms with Crippen molar-refractivity contribution in [1.82, 2.24) is 14.8 Å². The van der Waals surface area contributed by atoms with Crippen LogP contribution in [-0.2, 0) is 16.0 Å². The first-order valence-corrected chi connectivity index (χ1v) is 13.0. The molecule has 2 fully saturated rings. The number of halogens is 1. The number of amidine groups is 2. The highest BCUT2D eigenvalue weighted by Crippen LogP contribution is 2.31. The van der Waals surface area contributed by atoms with Crippen molar-refractivity contribution in [1.29, 1.82) is 0 Å². The summed E-state index contributed by atoms with van der Waals surface area (Å²) in [6.07, 6.45) is 3.56. The lowest BCUT2D eigenvalue weighted by molar-refractivity contribution is -0.134. The van der Waals surface area contributed by atoms with E-state index in [0.717, 1.165) is 68.1 Å². The van der Waals surface area contributed by atoms with Gasteiger partial charge < -0.3 is 24.9 Å². The third kappa shape index (κ3) is 7.09. The minimum atomic E-state index is -0.833. The van der Waals surface area contributed by atoms with Crippen LogP contribution in [0.5, 0.6) is 0 Å². The zero-order chi connectivity index (χ0) is 26.5. The Balaban J connectivity index is 0.000000747. The lowest BCUT2D eigenvalue weighted by atomic mass is 9.96. The fourth-order valence-electron chi connectivity index (χ4n) is 5.00. The van der Waals surface area contributed by atoms with Crippen molar-refractivity contribution in [2.45, 2.75) is 64.6 Å². The number of morpholine rings is 1. The Morgan fingerprint density at radius 2 is 1.86 bits per heavy atom. The van der Waals surface area contributed by atoms with Gasteiger partial charge in [0.1, 0.15) is 23.5 Å². The zero-order valence-corrected chi connectivity index (χ0v) is 22.3. The molecule has 1 aromatic heterocycles. The number of likely N-dealkylation sites (tertiary alicyclic amines) is 1. The van der Waals surface area contributed by atoms with Crippen LogP contribution >= 0.6 is 11.6 Å². The van der Waals surface area contributed by atoms with Crippen molar-refractivity contribution in [3.8, 4) is 0 Å². The molecule has 3 aliphatic rings. The molecule has 0 saturated carbocycles. The zero-order valence-electron chi connectivity index (χ0n) is 21.6. The van der Waals surface area contributed by atoms with E-state index in [-0.39, 0.29) is 6.10 Å². The molecule has 0 unspecified atom stereocenters. The molecule has 0 spiro atoms. The summed E-state index contributed by atoms with van der Waals surface area (Å²) in [6.45, 7) is 8.35. The predicted molar refractivity (Wildman–Crippen MR) is 142 cm³/mol. The summed E-state index contributed by atoms with van der Waals surface area (Å²) in [5, 5.41) is 16.4. The van der Waals surface area contributed by atoms with Crippen LogP contribution in [0, 0.1) is 13.8 Å². The number of hydrogen-bond donors (Lipinski definition) is 2. The number of ether oxygens (including phenoxy) is 1. The Morgan fingerprint density at radius 3 is 2.43 bits per heavy atom. The van der Waals surface area contributed by atoms with E-state index in [1.54, 1.807) is 0 Å². The van der Waals surface area contributed by atoms with Crippen LogP contribution in [0.15, 0.2) is 38.9 Å². The number of carbonyl (C=O) groups is 1. The van der Waals surface area contributed by atoms with Gasteiger partial charge in [-0.15, -0.1) is 10.2 Å². The van der Waals surface area contributed by atoms with Gasteiger partial charge in [-0.2, -0.15) is 0 Å². The third-order valence-electron chi connectivity index (χ3n) is 6.97. The first-order valence-electron chi connectivity index (χ1n) is 12.6. The summed E-state index contributed by atoms with van der Waals surface area (Å²) >= 11 is 6.10. The first kappa shape index (κ1) is 27.1. The molecular formula is C26H35ClN6O4. The van der Waals surface area contributed by atoms with Crippen LogP contribution in [0.3, 0.4) is 0 Å². The molecule has 2 aromatic rings. The molecule has 2 saturated heterocycles. The average molecular weight is 531 g/mol. The van der Waals surface area contributed by atoms with Gasteiger partial charge in [0, 0.05) is 43.7 Å². The van der Waals surface area contributed by atoms with Gasteiger partial charge >= 0.3 is 0 Å². The van der Waals surface area contributed by atoms with Gasteiger partial charge in [-0.05, 0) is 50.8 Å². The Hall–Kier alpha value is -2.95. The SMILES string of the molecule is CC(=O)O.Cc1nc([C@H]2CN(C3CCN(C4=NN=C(N)C4)CC3)[C@@H](Cc3ccc(Cl)cc3)CO2)oc1C. The van der Waals surface area contributed by atoms with Crippen molar-refractivity contribution >= 4 is 29.2 Å². The number of hydrogen-bond acceptors (Lipinski definition) is 9. The van der Waals surface area contributed by atoms with Crippen LogP contribution in [-0.4, -0.2) is 75.9 Å². The number of nitrogens with two attached hydrogens (primary N) is 1. The number of carboxylic acid groups (broad SMARTS) is 1. The van der Waals surface area contributed by atoms with Crippen LogP contribution in [0.25, 0.3) is 0 Å². The Labute approximate surface area is 222 Å². The fourth-order valence-corrected chi connectivity index (χ4v) is 5.13. The Bertz CT molecular complexity index is 1120. The Morgan fingerprint density at radius 1 is 1.19 bits per heavy atom. The second kappa shape index (κ2) is 12.1. The van der Waals surface area contributed by atoms with Gasteiger partial charge in [0.2, 0.25) is 5.89 Å². The van der Waals surface area contributed by atoms with Crippen LogP contribution in [0.4, 0.5) is 0 Å². The number of carboxylic acids is 1. The molecular weight excluding hydrogens is 496 g/mol. The standard InChI is InChI=1S/C24H31ClN6O2.C2H4O2/c1-15-16(2)33-24(27-15)21-13-31(20(14-32-21)11-17-3-5-18(25)6-4-17)19-7-9-30(10-8-19)23-12-22(26)28-29-23;1-2(3)4/h3-6,19-21H,7-14H2,1-2H3,(H2,26,28);1H3,(H,3,4)/t20-,21+;/m0./s1. The summed E-state index contributed by atoms with van der Waals surface area (Å²) < 4.78 is 12.2. The minimum absolute atomic E-state index is 0.149. The van der Waals surface area contributed by atoms with E-state index in [9.17, 15) is 0 Å². The summed E-state index contributed by atoms with van der Waals surface area (Å²) in [6, 6.07) is 8.89. The molecule has 200 valence electrons. The second-order valence-electron chi connectivity index (χ2n) is 9.72. The summed E-state index contributed by atoms with van der Waals surface area (Å²) in [7, 11) is 0. The maximum absolute atomic E-state index is 9.00. The molecule has 37 heavy (non-hydrogen) atoms. The normalized spacial score (nSPS) is 22.8. The number of aliphatic carboxylic acids is 1. The molecule has 0 radical (unpaired) electrons. The van der Waals surface area contributed by atoms with E-state index in [0.29, 0.717) is 36.8 Å². The summed E-state index contributed by atoms with van der Waals surface area (Å²) in [5.74, 6) is 2.30. The van der Waals surface area contributed by atoms with E-state index < -0.39 is 5.97 Å². The molecule has 3 N–H and O–H groups in total. The van der Waals surface area contributed by atoms with Gasteiger partial charge in [0.05, 0.1) is 18.7 Å². The van der Waals surface area contributed by atoms with Gasteiger partial charge in [-0.25, -0.2) is 4.98 Å². The number of oxazole rings is 1. The lowest BCUT2D eigenvalue weighted by Gasteiger charge is -2.46. The number of rotatable bonds is 4. The smallest absolute Gasteiger partial charge is 0.300 e. The molecule has 3 aliphatic heterocycles. The monoisotopic (exact) mass is 530 g/mol. The van der Waals surface area contributed by atoms with E-state index in [2.05, 4.69) is 37.1 Å². The highest BCUT2D eigenvalue weighted by Gasteiger charge is 2.38. The van der Waals surface area contributed by atoms with Crippen molar-refractivity contribution in [2.24, 2.45) is 15.9 Å². The molecule has 0 bridgehead atoms. The molecule has 0 aliphatic carbocycles. The van der Waals surface area contributed by atoms with Gasteiger partial charge in [0.25, 0.3) is 5.97 Å². The molecule has 11 heteroatoms. The number of benzene rings is 1. The van der Waals surface area contributed by atoms with E-state index >= 15 is 0 Å². The van der Waals surface area contributed by atoms with E-state index in [4.69, 9.17) is 36.4 Å². The quantitative estimate of drug-likeness (QED) is 0.613. The molecule has 5 rings (SSSR count). The van der Waals surface area contributed by atoms with Crippen LogP contribution < -0.4 is 5.73 Å². The fraction of sp³-hybridized carbons (Fsp3) is 0.538. The lowest BCUT2D eigenvalue weighted by Crippen LogP contribution is -2.55. The van der Waals surface area contributed by atoms with E-state index in [1.165, 1.54) is 5.56 Å². The maximum atomic E-state index is 9.00. The first-order chi connectivity index (χ1) is 17.7. The number of aryl methyl sites for hydroxylation is 2. The predicted octanol–water partition coefficient (Wildman–Crippen LogP) is 3.56. The second-order valence-corrected chi connectivity index (χ2v) is 10.2. The highest BCUT2D eigenvalue weighted by atomic mass is 35.5. The minimum Gasteiger partial charge on any atom is -0.481 e. The van der Waals surface area contributed by atoms with Crippen LogP contribution in [0.2, 0.25) is 5.02 Å². The average Bonchev–Trinajstić information content (AvgIpc) is 3.45. The topological polar surface area (TPSA) is 130 Å². The van der Waals surface area contributed by atoms with Crippen molar-refractivity contribution in [3.63, 3.8) is 0 Å². The number of aromatic nitrogens is 1. The molecule has 2 atom stereocenters. The molecule has 4 heterocycles. The Kier molecular flexibility index (Phi) is 8.83. The van der Waals surface area contributed by atoms with E-state index in [1.807, 2.05) is 26.0 Å². The number of nitrogens with zero attached hydrogens (tertiary/aromatic N) is 5. The van der Waals surface area contributed by atoms with Gasteiger partial charge in [-0.1, -0.05) is 23.7 Å².